The molecule has 1 aromatic heterocycles. The summed E-state index contributed by atoms with van der Waals surface area (Å²) >= 11 is 0. The molecule has 1 aromatic rings. The normalized spacial score (nSPS) is 38.4. The van der Waals surface area contributed by atoms with E-state index < -0.39 is 0 Å². The number of aliphatic imine (C=N–C) groups is 1. The van der Waals surface area contributed by atoms with Gasteiger partial charge >= 0.3 is 0 Å². The Kier molecular flexibility index (Phi) is 2.54. The Morgan fingerprint density at radius 1 is 1.45 bits per heavy atom. The maximum atomic E-state index is 6.13. The molecule has 4 atom stereocenters. The third kappa shape index (κ3) is 1.73. The predicted octanol–water partition coefficient (Wildman–Crippen LogP) is 1.36. The van der Waals surface area contributed by atoms with Crippen LogP contribution >= 0.6 is 0 Å². The molecule has 3 N–H and O–H groups in total. The van der Waals surface area contributed by atoms with Crippen molar-refractivity contribution >= 4 is 6.21 Å². The van der Waals surface area contributed by atoms with Crippen LogP contribution in [0.2, 0.25) is 0 Å². The molecule has 1 saturated carbocycles. The molecule has 106 valence electrons. The van der Waals surface area contributed by atoms with E-state index in [0.29, 0.717) is 17.9 Å². The maximum Gasteiger partial charge on any atom is 0.151 e. The lowest BCUT2D eigenvalue weighted by molar-refractivity contribution is 0.328. The van der Waals surface area contributed by atoms with Crippen molar-refractivity contribution < 1.29 is 0 Å². The molecule has 0 amide bonds. The molecule has 4 rings (SSSR count). The molecule has 0 saturated heterocycles. The smallest absolute Gasteiger partial charge is 0.151 e. The second-order valence-corrected chi connectivity index (χ2v) is 6.48. The molecule has 5 heteroatoms. The lowest BCUT2D eigenvalue weighted by atomic mass is 9.94. The Morgan fingerprint density at radius 3 is 3.05 bits per heavy atom. The zero-order valence-electron chi connectivity index (χ0n) is 11.8. The molecule has 1 fully saturated rings. The van der Waals surface area contributed by atoms with Gasteiger partial charge in [0.15, 0.2) is 11.5 Å². The Labute approximate surface area is 119 Å². The molecule has 3 heterocycles. The van der Waals surface area contributed by atoms with Crippen LogP contribution < -0.4 is 11.1 Å². The lowest BCUT2D eigenvalue weighted by Gasteiger charge is -2.31. The summed E-state index contributed by atoms with van der Waals surface area (Å²) in [4.78, 5) is 9.21. The summed E-state index contributed by atoms with van der Waals surface area (Å²) in [7, 11) is 0. The minimum Gasteiger partial charge on any atom is -0.366 e. The molecule has 0 radical (unpaired) electrons. The molecule has 0 aromatic carbocycles. The summed E-state index contributed by atoms with van der Waals surface area (Å²) in [5, 5.41) is 3.39. The van der Waals surface area contributed by atoms with Gasteiger partial charge < -0.3 is 15.6 Å². The van der Waals surface area contributed by atoms with Crippen molar-refractivity contribution in [2.45, 2.75) is 50.4 Å². The average Bonchev–Trinajstić information content (AvgIpc) is 3.10. The first-order valence-corrected chi connectivity index (χ1v) is 7.46. The van der Waals surface area contributed by atoms with Gasteiger partial charge in [-0.25, -0.2) is 4.98 Å². The third-order valence-corrected chi connectivity index (χ3v) is 4.99. The molecule has 0 bridgehead atoms. The number of fused-ring (bicyclic) bond motifs is 1. The van der Waals surface area contributed by atoms with Gasteiger partial charge in [0, 0.05) is 30.3 Å². The Balaban J connectivity index is 1.68. The second-order valence-electron chi connectivity index (χ2n) is 6.48. The summed E-state index contributed by atoms with van der Waals surface area (Å²) < 4.78 is 2.34. The van der Waals surface area contributed by atoms with Crippen LogP contribution in [0, 0.1) is 5.92 Å². The second kappa shape index (κ2) is 4.19. The fraction of sp³-hybridized carbons (Fsp3) is 0.600. The largest absolute Gasteiger partial charge is 0.366 e. The third-order valence-electron chi connectivity index (χ3n) is 4.99. The number of hydrogen-bond donors (Lipinski definition) is 2. The van der Waals surface area contributed by atoms with Gasteiger partial charge in [-0.05, 0) is 25.0 Å². The van der Waals surface area contributed by atoms with Gasteiger partial charge in [-0.15, -0.1) is 0 Å². The maximum absolute atomic E-state index is 6.13. The molecule has 2 aliphatic heterocycles. The zero-order valence-corrected chi connectivity index (χ0v) is 11.8. The summed E-state index contributed by atoms with van der Waals surface area (Å²) in [5.74, 6) is 2.14. The highest BCUT2D eigenvalue weighted by Crippen LogP contribution is 2.40. The van der Waals surface area contributed by atoms with Crippen LogP contribution in [0.3, 0.4) is 0 Å². The van der Waals surface area contributed by atoms with Gasteiger partial charge in [-0.1, -0.05) is 13.0 Å². The summed E-state index contributed by atoms with van der Waals surface area (Å²) in [6.45, 7) is 3.17. The highest BCUT2D eigenvalue weighted by molar-refractivity contribution is 5.76. The molecular formula is C15H21N5. The van der Waals surface area contributed by atoms with Gasteiger partial charge in [0.05, 0.1) is 12.8 Å². The standard InChI is InChI=1S/C15H21N5/c1-10-5-11(16)6-12(10)13-7-17-14-8-19-15(9-20(13)14)3-2-4-18-15/h2,4,7-8,10-12,18H,3,5-6,9,16H2,1H3/t10-,11+,12-,15?/m0/s1. The van der Waals surface area contributed by atoms with Crippen LogP contribution in [0.15, 0.2) is 23.5 Å². The number of nitrogens with one attached hydrogen (secondary N) is 1. The van der Waals surface area contributed by atoms with Crippen LogP contribution in [-0.4, -0.2) is 27.5 Å². The van der Waals surface area contributed by atoms with Crippen molar-refractivity contribution in [1.82, 2.24) is 14.9 Å². The van der Waals surface area contributed by atoms with E-state index in [1.54, 1.807) is 0 Å². The minimum atomic E-state index is -0.188. The topological polar surface area (TPSA) is 68.2 Å². The molecular weight excluding hydrogens is 250 g/mol. The van der Waals surface area contributed by atoms with Gasteiger partial charge in [0.2, 0.25) is 0 Å². The van der Waals surface area contributed by atoms with Crippen molar-refractivity contribution in [3.05, 3.63) is 30.0 Å². The first-order chi connectivity index (χ1) is 9.67. The Hall–Kier alpha value is -1.62. The number of nitrogens with two attached hydrogens (primary N) is 1. The van der Waals surface area contributed by atoms with Crippen LogP contribution in [0.1, 0.15) is 43.6 Å². The average molecular weight is 271 g/mol. The minimum absolute atomic E-state index is 0.188. The van der Waals surface area contributed by atoms with E-state index in [0.717, 1.165) is 31.6 Å². The van der Waals surface area contributed by atoms with E-state index in [9.17, 15) is 0 Å². The molecule has 20 heavy (non-hydrogen) atoms. The Bertz CT molecular complexity index is 577. The first-order valence-electron chi connectivity index (χ1n) is 7.46. The highest BCUT2D eigenvalue weighted by Gasteiger charge is 2.38. The van der Waals surface area contributed by atoms with Crippen LogP contribution in [0.5, 0.6) is 0 Å². The Morgan fingerprint density at radius 2 is 2.35 bits per heavy atom. The van der Waals surface area contributed by atoms with E-state index >= 15 is 0 Å². The molecule has 1 spiro atoms. The van der Waals surface area contributed by atoms with Crippen LogP contribution in [-0.2, 0) is 6.54 Å². The fourth-order valence-electron chi connectivity index (χ4n) is 3.89. The van der Waals surface area contributed by atoms with Crippen molar-refractivity contribution in [1.29, 1.82) is 0 Å². The first kappa shape index (κ1) is 12.1. The van der Waals surface area contributed by atoms with Gasteiger partial charge in [0.25, 0.3) is 0 Å². The van der Waals surface area contributed by atoms with E-state index in [4.69, 9.17) is 5.73 Å². The molecule has 3 aliphatic rings. The zero-order chi connectivity index (χ0) is 13.7. The monoisotopic (exact) mass is 271 g/mol. The van der Waals surface area contributed by atoms with Crippen molar-refractivity contribution in [2.75, 3.05) is 0 Å². The molecule has 5 nitrogen and oxygen atoms in total. The van der Waals surface area contributed by atoms with E-state index in [-0.39, 0.29) is 5.66 Å². The quantitative estimate of drug-likeness (QED) is 0.810. The van der Waals surface area contributed by atoms with Crippen molar-refractivity contribution in [2.24, 2.45) is 16.6 Å². The number of rotatable bonds is 1. The van der Waals surface area contributed by atoms with E-state index in [1.807, 2.05) is 18.6 Å². The molecule has 1 aliphatic carbocycles. The van der Waals surface area contributed by atoms with Crippen LogP contribution in [0.4, 0.5) is 0 Å². The van der Waals surface area contributed by atoms with Gasteiger partial charge in [-0.2, -0.15) is 0 Å². The van der Waals surface area contributed by atoms with E-state index in [2.05, 4.69) is 32.9 Å². The summed E-state index contributed by atoms with van der Waals surface area (Å²) in [5.41, 5.74) is 7.28. The van der Waals surface area contributed by atoms with Crippen molar-refractivity contribution in [3.8, 4) is 0 Å². The summed E-state index contributed by atoms with van der Waals surface area (Å²) in [6, 6.07) is 0.332. The van der Waals surface area contributed by atoms with Gasteiger partial charge in [-0.3, -0.25) is 4.99 Å². The number of hydrogen-bond acceptors (Lipinski definition) is 4. The fourth-order valence-corrected chi connectivity index (χ4v) is 3.89. The van der Waals surface area contributed by atoms with Crippen LogP contribution in [0.25, 0.3) is 0 Å². The lowest BCUT2D eigenvalue weighted by Crippen LogP contribution is -2.44. The molecule has 1 unspecified atom stereocenters. The number of aromatic nitrogens is 2. The van der Waals surface area contributed by atoms with Crippen molar-refractivity contribution in [3.63, 3.8) is 0 Å². The van der Waals surface area contributed by atoms with Gasteiger partial charge in [0.1, 0.15) is 0 Å². The predicted molar refractivity (Wildman–Crippen MR) is 78.6 cm³/mol. The number of imidazole rings is 1. The summed E-state index contributed by atoms with van der Waals surface area (Å²) in [6.07, 6.45) is 11.2. The van der Waals surface area contributed by atoms with E-state index in [1.165, 1.54) is 5.69 Å². The highest BCUT2D eigenvalue weighted by atomic mass is 15.2. The number of nitrogens with zero attached hydrogens (tertiary/aromatic N) is 3. The SMILES string of the molecule is C[C@H]1C[C@@H](N)C[C@@H]1c1cnc2n1CC1(CC=CN1)N=C2.